The minimum atomic E-state index is -0.398. The smallest absolute Gasteiger partial charge is 0.258 e. The Hall–Kier alpha value is -5.40. The first-order chi connectivity index (χ1) is 32.1. The van der Waals surface area contributed by atoms with Gasteiger partial charge in [0.2, 0.25) is 11.8 Å². The van der Waals surface area contributed by atoms with Crippen molar-refractivity contribution in [3.05, 3.63) is 151 Å². The van der Waals surface area contributed by atoms with Gasteiger partial charge in [0.05, 0.1) is 36.0 Å². The fourth-order valence-electron chi connectivity index (χ4n) is 11.7. The van der Waals surface area contributed by atoms with E-state index in [-0.39, 0.29) is 84.2 Å². The van der Waals surface area contributed by atoms with Crippen molar-refractivity contribution in [1.82, 2.24) is 29.6 Å². The predicted molar refractivity (Wildman–Crippen MR) is 257 cm³/mol. The zero-order valence-electron chi connectivity index (χ0n) is 38.7. The van der Waals surface area contributed by atoms with Crippen molar-refractivity contribution in [3.8, 4) is 0 Å². The normalized spacial score (nSPS) is 27.5. The molecule has 4 bridgehead atoms. The van der Waals surface area contributed by atoms with Gasteiger partial charge in [0.1, 0.15) is 0 Å². The molecule has 0 unspecified atom stereocenters. The molecule has 12 heteroatoms. The van der Waals surface area contributed by atoms with Crippen LogP contribution in [0.4, 0.5) is 0 Å². The summed E-state index contributed by atoms with van der Waals surface area (Å²) >= 11 is 0. The average Bonchev–Trinajstić information content (AvgIpc) is 4.27. The van der Waals surface area contributed by atoms with Crippen molar-refractivity contribution in [2.75, 3.05) is 26.3 Å². The van der Waals surface area contributed by atoms with Crippen LogP contribution in [-0.4, -0.2) is 79.3 Å². The summed E-state index contributed by atoms with van der Waals surface area (Å²) < 4.78 is 3.70. The van der Waals surface area contributed by atoms with Crippen LogP contribution in [-0.2, 0) is 22.7 Å². The van der Waals surface area contributed by atoms with E-state index < -0.39 is 11.8 Å². The fourth-order valence-corrected chi connectivity index (χ4v) is 11.7. The molecule has 10 atom stereocenters. The van der Waals surface area contributed by atoms with E-state index in [0.29, 0.717) is 36.1 Å². The first kappa shape index (κ1) is 45.7. The van der Waals surface area contributed by atoms with E-state index in [9.17, 15) is 29.4 Å². The van der Waals surface area contributed by atoms with E-state index >= 15 is 0 Å². The van der Waals surface area contributed by atoms with Gasteiger partial charge in [-0.25, -0.2) is 0 Å². The largest absolute Gasteiger partial charge is 0.396 e. The Bertz CT molecular complexity index is 2390. The molecule has 2 aliphatic carbocycles. The van der Waals surface area contributed by atoms with E-state index in [2.05, 4.69) is 20.4 Å². The number of allylic oxidation sites excluding steroid dienone is 2. The molecule has 2 amide bonds. The van der Waals surface area contributed by atoms with Crippen molar-refractivity contribution in [1.29, 1.82) is 0 Å². The highest BCUT2D eigenvalue weighted by atomic mass is 16.3. The number of benzene rings is 2. The predicted octanol–water partition coefficient (Wildman–Crippen LogP) is 6.26. The molecular formula is C54H66N6O6. The summed E-state index contributed by atoms with van der Waals surface area (Å²) in [6.45, 7) is 10.6. The molecule has 348 valence electrons. The Morgan fingerprint density at radius 2 is 0.985 bits per heavy atom. The van der Waals surface area contributed by atoms with Gasteiger partial charge in [-0.15, -0.1) is 0 Å². The minimum Gasteiger partial charge on any atom is -0.396 e. The second-order valence-corrected chi connectivity index (χ2v) is 19.6. The lowest BCUT2D eigenvalue weighted by Gasteiger charge is -2.38. The highest BCUT2D eigenvalue weighted by Gasteiger charge is 2.58. The molecule has 2 saturated heterocycles. The summed E-state index contributed by atoms with van der Waals surface area (Å²) in [4.78, 5) is 58.7. The lowest BCUT2D eigenvalue weighted by atomic mass is 9.86. The van der Waals surface area contributed by atoms with Gasteiger partial charge in [-0.3, -0.25) is 29.0 Å². The summed E-state index contributed by atoms with van der Waals surface area (Å²) in [6.07, 6.45) is 12.3. The number of nitrogens with one attached hydrogen (secondary N) is 2. The van der Waals surface area contributed by atoms with Crippen molar-refractivity contribution in [2.24, 2.45) is 35.5 Å². The number of carbonyl (C=O) groups excluding carboxylic acids is 2. The number of hydrogen-bond acceptors (Lipinski definition) is 8. The monoisotopic (exact) mass is 895 g/mol. The Labute approximate surface area is 388 Å². The number of carbonyl (C=O) groups is 2. The lowest BCUT2D eigenvalue weighted by molar-refractivity contribution is -0.129. The van der Waals surface area contributed by atoms with Crippen LogP contribution in [0.15, 0.2) is 107 Å². The highest BCUT2D eigenvalue weighted by Crippen LogP contribution is 2.52. The molecule has 4 N–H and O–H groups in total. The van der Waals surface area contributed by atoms with Gasteiger partial charge in [-0.2, -0.15) is 0 Å². The first-order valence-corrected chi connectivity index (χ1v) is 24.2. The Kier molecular flexibility index (Phi) is 13.5. The maximum Gasteiger partial charge on any atom is 0.258 e. The third-order valence-electron chi connectivity index (χ3n) is 15.3. The summed E-state index contributed by atoms with van der Waals surface area (Å²) in [5.74, 6) is 0.00725. The van der Waals surface area contributed by atoms with E-state index in [4.69, 9.17) is 0 Å². The van der Waals surface area contributed by atoms with E-state index in [1.165, 1.54) is 25.7 Å². The van der Waals surface area contributed by atoms with Crippen molar-refractivity contribution in [3.63, 3.8) is 0 Å². The SMILES string of the molecule is C/C=C/c1ccc2n(c1=O)C[C@H]1[C@H](CO)[C@@H](C(=O)N[C@@H](C)c3ccccc3)[C@@H]2N1CC1CC1.C/C=C\c1ccc2n(c1=O)C[C@H]1[C@H](CO)[C@@H](C(=O)N[C@@H](C)c3ccccc3)[C@@H]2N1CC1CC1. The van der Waals surface area contributed by atoms with Gasteiger partial charge >= 0.3 is 0 Å². The van der Waals surface area contributed by atoms with Gasteiger partial charge in [-0.05, 0) is 101 Å². The molecule has 6 heterocycles. The number of aliphatic hydroxyl groups is 2. The molecule has 2 aromatic carbocycles. The second kappa shape index (κ2) is 19.4. The maximum absolute atomic E-state index is 13.7. The van der Waals surface area contributed by atoms with Crippen LogP contribution in [0, 0.1) is 35.5 Å². The summed E-state index contributed by atoms with van der Waals surface area (Å²) in [6, 6.07) is 26.9. The molecule has 0 spiro atoms. The standard InChI is InChI=1S/2C27H33N3O3/c2*1-3-7-20-12-13-22-25-24(26(32)28-17(2)19-8-5-4-6-9-19)21(16-31)23(15-30(22)27(20)33)29(25)14-18-10-11-18/h2*3-9,12-13,17-18,21,23-25,31H,10-11,14-16H2,1-2H3,(H,28,32)/b7-3+;7-3-/t2*17-,21-,23-,24+,25+/m00/s1. The summed E-state index contributed by atoms with van der Waals surface area (Å²) in [7, 11) is 0. The van der Waals surface area contributed by atoms with Crippen LogP contribution in [0.25, 0.3) is 12.2 Å². The van der Waals surface area contributed by atoms with Crippen LogP contribution >= 0.6 is 0 Å². The number of nitrogens with zero attached hydrogens (tertiary/aromatic N) is 4. The minimum absolute atomic E-state index is 0.0120. The quantitative estimate of drug-likeness (QED) is 0.116. The highest BCUT2D eigenvalue weighted by molar-refractivity contribution is 5.82. The van der Waals surface area contributed by atoms with Crippen LogP contribution in [0.5, 0.6) is 0 Å². The molecule has 6 aliphatic rings. The molecule has 4 aliphatic heterocycles. The zero-order chi connectivity index (χ0) is 46.2. The number of aliphatic hydroxyl groups excluding tert-OH is 2. The molecule has 0 radical (unpaired) electrons. The molecule has 66 heavy (non-hydrogen) atoms. The maximum atomic E-state index is 13.7. The molecule has 10 rings (SSSR count). The van der Waals surface area contributed by atoms with Gasteiger partial charge in [0.15, 0.2) is 0 Å². The molecule has 2 aromatic heterocycles. The molecule has 4 fully saturated rings. The fraction of sp³-hybridized carbons (Fsp3) is 0.481. The van der Waals surface area contributed by atoms with E-state index in [1.54, 1.807) is 0 Å². The van der Waals surface area contributed by atoms with Gasteiger partial charge in [-0.1, -0.05) is 85.0 Å². The number of aromatic nitrogens is 2. The van der Waals surface area contributed by atoms with Gasteiger partial charge in [0, 0.05) is 85.8 Å². The summed E-state index contributed by atoms with van der Waals surface area (Å²) in [5, 5.41) is 27.3. The second-order valence-electron chi connectivity index (χ2n) is 19.6. The number of fused-ring (bicyclic) bond motifs is 8. The van der Waals surface area contributed by atoms with Crippen molar-refractivity contribution >= 4 is 24.0 Å². The van der Waals surface area contributed by atoms with Crippen molar-refractivity contribution < 1.29 is 19.8 Å². The van der Waals surface area contributed by atoms with Gasteiger partial charge < -0.3 is 30.0 Å². The molecule has 4 aromatic rings. The Morgan fingerprint density at radius 1 is 0.606 bits per heavy atom. The molecular weight excluding hydrogens is 829 g/mol. The Morgan fingerprint density at radius 3 is 1.32 bits per heavy atom. The topological polar surface area (TPSA) is 149 Å². The lowest BCUT2D eigenvalue weighted by Crippen LogP contribution is -2.47. The zero-order valence-corrected chi connectivity index (χ0v) is 38.7. The number of rotatable bonds is 14. The number of pyridine rings is 2. The molecule has 12 nitrogen and oxygen atoms in total. The van der Waals surface area contributed by atoms with E-state index in [1.807, 2.05) is 146 Å². The molecule has 2 saturated carbocycles. The van der Waals surface area contributed by atoms with Crippen LogP contribution < -0.4 is 21.8 Å². The third kappa shape index (κ3) is 8.80. The number of hydrogen-bond donors (Lipinski definition) is 4. The van der Waals surface area contributed by atoms with Crippen LogP contribution in [0.2, 0.25) is 0 Å². The van der Waals surface area contributed by atoms with Crippen LogP contribution in [0.3, 0.4) is 0 Å². The first-order valence-electron chi connectivity index (χ1n) is 24.2. The van der Waals surface area contributed by atoms with Crippen molar-refractivity contribution in [2.45, 2.75) is 103 Å². The van der Waals surface area contributed by atoms with Gasteiger partial charge in [0.25, 0.3) is 11.1 Å². The third-order valence-corrected chi connectivity index (χ3v) is 15.3. The number of amides is 2. The Balaban J connectivity index is 0.000000166. The van der Waals surface area contributed by atoms with Crippen LogP contribution in [0.1, 0.15) is 111 Å². The van der Waals surface area contributed by atoms with E-state index in [0.717, 1.165) is 35.6 Å². The average molecular weight is 895 g/mol. The summed E-state index contributed by atoms with van der Waals surface area (Å²) in [5.41, 5.74) is 5.20.